The Balaban J connectivity index is 1.81. The molecule has 28 heavy (non-hydrogen) atoms. The van der Waals surface area contributed by atoms with E-state index in [-0.39, 0.29) is 11.3 Å². The minimum atomic E-state index is -0.520. The van der Waals surface area contributed by atoms with Crippen molar-refractivity contribution in [3.8, 4) is 11.5 Å². The Kier molecular flexibility index (Phi) is 6.23. The van der Waals surface area contributed by atoms with Crippen LogP contribution in [0, 0.1) is 5.41 Å². The van der Waals surface area contributed by atoms with Crippen molar-refractivity contribution in [2.24, 2.45) is 5.41 Å². The van der Waals surface area contributed by atoms with Crippen molar-refractivity contribution < 1.29 is 19.0 Å². The molecule has 0 aromatic heterocycles. The normalized spacial score (nSPS) is 24.3. The standard InChI is InChI=1S/C23H35NO4/c1-6-23(7-2,17-9-10-19(26-4)20(13-17)27-5)21(25)24-12-11-22(16-24)14-18(15-22)28-8-3/h9-10,13,18H,6-8,11-12,14-16H2,1-5H3. The van der Waals surface area contributed by atoms with Gasteiger partial charge in [0.15, 0.2) is 11.5 Å². The van der Waals surface area contributed by atoms with Gasteiger partial charge < -0.3 is 19.1 Å². The summed E-state index contributed by atoms with van der Waals surface area (Å²) in [6.45, 7) is 8.76. The highest BCUT2D eigenvalue weighted by molar-refractivity contribution is 5.88. The van der Waals surface area contributed by atoms with Crippen LogP contribution in [0.5, 0.6) is 11.5 Å². The fourth-order valence-electron chi connectivity index (χ4n) is 5.22. The van der Waals surface area contributed by atoms with E-state index in [2.05, 4.69) is 25.7 Å². The van der Waals surface area contributed by atoms with Crippen molar-refractivity contribution in [3.05, 3.63) is 23.8 Å². The Morgan fingerprint density at radius 3 is 2.39 bits per heavy atom. The first kappa shape index (κ1) is 21.0. The largest absolute Gasteiger partial charge is 0.493 e. The van der Waals surface area contributed by atoms with Gasteiger partial charge in [0.2, 0.25) is 5.91 Å². The third-order valence-electron chi connectivity index (χ3n) is 7.00. The van der Waals surface area contributed by atoms with Crippen LogP contribution >= 0.6 is 0 Å². The second-order valence-corrected chi connectivity index (χ2v) is 8.32. The number of carbonyl (C=O) groups excluding carboxylic acids is 1. The molecule has 0 bridgehead atoms. The molecule has 1 aliphatic carbocycles. The minimum absolute atomic E-state index is 0.251. The van der Waals surface area contributed by atoms with Gasteiger partial charge in [0, 0.05) is 19.7 Å². The molecule has 156 valence electrons. The van der Waals surface area contributed by atoms with Gasteiger partial charge >= 0.3 is 0 Å². The van der Waals surface area contributed by atoms with E-state index in [1.54, 1.807) is 14.2 Å². The fraction of sp³-hybridized carbons (Fsp3) is 0.696. The first-order chi connectivity index (χ1) is 13.5. The lowest BCUT2D eigenvalue weighted by Crippen LogP contribution is -2.49. The zero-order valence-corrected chi connectivity index (χ0v) is 18.0. The highest BCUT2D eigenvalue weighted by atomic mass is 16.5. The predicted octanol–water partition coefficient (Wildman–Crippen LogP) is 4.18. The van der Waals surface area contributed by atoms with Crippen molar-refractivity contribution in [1.29, 1.82) is 0 Å². The highest BCUT2D eigenvalue weighted by Gasteiger charge is 2.52. The molecule has 5 nitrogen and oxygen atoms in total. The SMILES string of the molecule is CCOC1CC2(CCN(C(=O)C(CC)(CC)c3ccc(OC)c(OC)c3)C2)C1. The van der Waals surface area contributed by atoms with E-state index in [0.717, 1.165) is 57.4 Å². The molecule has 1 heterocycles. The van der Waals surface area contributed by atoms with Crippen molar-refractivity contribution in [2.45, 2.75) is 64.4 Å². The predicted molar refractivity (Wildman–Crippen MR) is 110 cm³/mol. The van der Waals surface area contributed by atoms with Crippen molar-refractivity contribution in [1.82, 2.24) is 4.90 Å². The van der Waals surface area contributed by atoms with Gasteiger partial charge in [-0.3, -0.25) is 4.79 Å². The summed E-state index contributed by atoms with van der Waals surface area (Å²) in [5.74, 6) is 1.62. The summed E-state index contributed by atoms with van der Waals surface area (Å²) in [6.07, 6.45) is 5.19. The molecule has 3 rings (SSSR count). The Labute approximate surface area is 169 Å². The molecule has 0 N–H and O–H groups in total. The Hall–Kier alpha value is -1.75. The number of rotatable bonds is 8. The average Bonchev–Trinajstić information content (AvgIpc) is 3.14. The van der Waals surface area contributed by atoms with Gasteiger partial charge in [0.1, 0.15) is 0 Å². The van der Waals surface area contributed by atoms with E-state index in [1.807, 2.05) is 18.2 Å². The maximum absolute atomic E-state index is 13.7. The van der Waals surface area contributed by atoms with Crippen molar-refractivity contribution in [2.75, 3.05) is 33.9 Å². The van der Waals surface area contributed by atoms with Crippen LogP contribution in [-0.2, 0) is 14.9 Å². The molecule has 1 spiro atoms. The fourth-order valence-corrected chi connectivity index (χ4v) is 5.22. The minimum Gasteiger partial charge on any atom is -0.493 e. The lowest BCUT2D eigenvalue weighted by molar-refractivity contribution is -0.138. The Bertz CT molecular complexity index is 692. The molecule has 1 amide bonds. The van der Waals surface area contributed by atoms with E-state index in [1.165, 1.54) is 0 Å². The van der Waals surface area contributed by atoms with Crippen LogP contribution in [0.4, 0.5) is 0 Å². The third-order valence-corrected chi connectivity index (χ3v) is 7.00. The summed E-state index contributed by atoms with van der Waals surface area (Å²) in [7, 11) is 3.27. The van der Waals surface area contributed by atoms with Crippen LogP contribution in [-0.4, -0.2) is 50.8 Å². The maximum Gasteiger partial charge on any atom is 0.233 e. The van der Waals surface area contributed by atoms with Gasteiger partial charge in [-0.1, -0.05) is 19.9 Å². The molecule has 0 unspecified atom stereocenters. The van der Waals surface area contributed by atoms with Crippen LogP contribution in [0.15, 0.2) is 18.2 Å². The van der Waals surface area contributed by atoms with Crippen LogP contribution in [0.3, 0.4) is 0 Å². The number of methoxy groups -OCH3 is 2. The van der Waals surface area contributed by atoms with Gasteiger partial charge in [-0.2, -0.15) is 0 Å². The summed E-state index contributed by atoms with van der Waals surface area (Å²) in [4.78, 5) is 15.8. The first-order valence-corrected chi connectivity index (χ1v) is 10.6. The number of nitrogens with zero attached hydrogens (tertiary/aromatic N) is 1. The van der Waals surface area contributed by atoms with Gasteiger partial charge in [0.25, 0.3) is 0 Å². The number of amides is 1. The molecule has 1 saturated carbocycles. The van der Waals surface area contributed by atoms with Crippen LogP contribution in [0.1, 0.15) is 58.4 Å². The molecule has 1 aromatic carbocycles. The number of ether oxygens (including phenoxy) is 3. The number of benzene rings is 1. The number of hydrogen-bond donors (Lipinski definition) is 0. The maximum atomic E-state index is 13.7. The Morgan fingerprint density at radius 1 is 1.14 bits per heavy atom. The summed E-state index contributed by atoms with van der Waals surface area (Å²) in [5.41, 5.74) is 0.774. The van der Waals surface area contributed by atoms with Crippen molar-refractivity contribution in [3.63, 3.8) is 0 Å². The molecule has 1 aliphatic heterocycles. The summed E-state index contributed by atoms with van der Waals surface area (Å²) in [6, 6.07) is 5.90. The van der Waals surface area contributed by atoms with E-state index >= 15 is 0 Å². The molecule has 2 aliphatic rings. The Morgan fingerprint density at radius 2 is 1.82 bits per heavy atom. The highest BCUT2D eigenvalue weighted by Crippen LogP contribution is 2.50. The second-order valence-electron chi connectivity index (χ2n) is 8.32. The topological polar surface area (TPSA) is 48.0 Å². The first-order valence-electron chi connectivity index (χ1n) is 10.6. The summed E-state index contributed by atoms with van der Waals surface area (Å²) >= 11 is 0. The summed E-state index contributed by atoms with van der Waals surface area (Å²) in [5, 5.41) is 0. The van der Waals surface area contributed by atoms with E-state index < -0.39 is 5.41 Å². The quantitative estimate of drug-likeness (QED) is 0.669. The molecular weight excluding hydrogens is 354 g/mol. The van der Waals surface area contributed by atoms with E-state index in [9.17, 15) is 4.79 Å². The summed E-state index contributed by atoms with van der Waals surface area (Å²) < 4.78 is 16.6. The molecule has 0 radical (unpaired) electrons. The monoisotopic (exact) mass is 389 g/mol. The van der Waals surface area contributed by atoms with Crippen molar-refractivity contribution >= 4 is 5.91 Å². The smallest absolute Gasteiger partial charge is 0.233 e. The lowest BCUT2D eigenvalue weighted by atomic mass is 9.66. The number of hydrogen-bond acceptors (Lipinski definition) is 4. The van der Waals surface area contributed by atoms with Crippen LogP contribution in [0.2, 0.25) is 0 Å². The third kappa shape index (κ3) is 3.49. The van der Waals surface area contributed by atoms with Gasteiger partial charge in [-0.15, -0.1) is 0 Å². The van der Waals surface area contributed by atoms with Gasteiger partial charge in [-0.05, 0) is 62.1 Å². The lowest BCUT2D eigenvalue weighted by Gasteiger charge is -2.45. The molecule has 2 fully saturated rings. The molecule has 1 saturated heterocycles. The molecular formula is C23H35NO4. The molecule has 1 aromatic rings. The van der Waals surface area contributed by atoms with E-state index in [4.69, 9.17) is 14.2 Å². The second kappa shape index (κ2) is 8.32. The van der Waals surface area contributed by atoms with E-state index in [0.29, 0.717) is 17.6 Å². The number of carbonyl (C=O) groups is 1. The van der Waals surface area contributed by atoms with Crippen LogP contribution < -0.4 is 9.47 Å². The average molecular weight is 390 g/mol. The number of likely N-dealkylation sites (tertiary alicyclic amines) is 1. The van der Waals surface area contributed by atoms with Gasteiger partial charge in [-0.25, -0.2) is 0 Å². The van der Waals surface area contributed by atoms with Gasteiger partial charge in [0.05, 0.1) is 25.7 Å². The molecule has 5 heteroatoms. The molecule has 0 atom stereocenters. The zero-order valence-electron chi connectivity index (χ0n) is 18.0. The zero-order chi connectivity index (χ0) is 20.4. The van der Waals surface area contributed by atoms with Crippen LogP contribution in [0.25, 0.3) is 0 Å².